The first-order valence-corrected chi connectivity index (χ1v) is 10.3. The average molecular weight is 409 g/mol. The van der Waals surface area contributed by atoms with Crippen LogP contribution in [0.1, 0.15) is 5.56 Å². The summed E-state index contributed by atoms with van der Waals surface area (Å²) in [5.41, 5.74) is 5.22. The van der Waals surface area contributed by atoms with Gasteiger partial charge in [0.1, 0.15) is 5.75 Å². The molecule has 3 atom stereocenters. The number of carbonyl (C=O) groups excluding carboxylic acids is 2. The summed E-state index contributed by atoms with van der Waals surface area (Å²) < 4.78 is 5.26. The summed E-state index contributed by atoms with van der Waals surface area (Å²) in [6.45, 7) is 1.81. The van der Waals surface area contributed by atoms with Crippen LogP contribution in [0.4, 0.5) is 5.69 Å². The molecule has 2 heterocycles. The first-order valence-electron chi connectivity index (χ1n) is 10.3. The van der Waals surface area contributed by atoms with E-state index in [9.17, 15) is 9.59 Å². The van der Waals surface area contributed by atoms with E-state index in [4.69, 9.17) is 4.74 Å². The zero-order valence-corrected chi connectivity index (χ0v) is 17.4. The van der Waals surface area contributed by atoms with E-state index >= 15 is 0 Å². The van der Waals surface area contributed by atoms with Gasteiger partial charge in [-0.2, -0.15) is 0 Å². The van der Waals surface area contributed by atoms with Gasteiger partial charge in [-0.1, -0.05) is 30.3 Å². The Morgan fingerprint density at radius 1 is 1.17 bits per heavy atom. The molecule has 2 aromatic rings. The molecule has 0 spiro atoms. The first-order chi connectivity index (χ1) is 14.6. The summed E-state index contributed by atoms with van der Waals surface area (Å²) in [4.78, 5) is 28.1. The van der Waals surface area contributed by atoms with Crippen molar-refractivity contribution in [1.82, 2.24) is 15.6 Å². The minimum absolute atomic E-state index is 0.0188. The smallest absolute Gasteiger partial charge is 0.247 e. The molecule has 3 unspecified atom stereocenters. The van der Waals surface area contributed by atoms with Gasteiger partial charge >= 0.3 is 0 Å². The number of likely N-dealkylation sites (tertiary alicyclic amines) is 1. The fraction of sp³-hybridized carbons (Fsp3) is 0.391. The third kappa shape index (κ3) is 4.17. The number of carbonyl (C=O) groups is 2. The lowest BCUT2D eigenvalue weighted by Crippen LogP contribution is -2.56. The van der Waals surface area contributed by atoms with Crippen molar-refractivity contribution in [2.45, 2.75) is 12.5 Å². The maximum absolute atomic E-state index is 13.0. The normalized spacial score (nSPS) is 23.9. The van der Waals surface area contributed by atoms with Crippen molar-refractivity contribution in [3.8, 4) is 5.75 Å². The quantitative estimate of drug-likeness (QED) is 0.757. The van der Waals surface area contributed by atoms with Crippen molar-refractivity contribution >= 4 is 17.5 Å². The monoisotopic (exact) mass is 408 g/mol. The number of rotatable bonds is 6. The first kappa shape index (κ1) is 20.4. The van der Waals surface area contributed by atoms with E-state index in [1.54, 1.807) is 12.1 Å². The molecule has 2 amide bonds. The van der Waals surface area contributed by atoms with Crippen molar-refractivity contribution in [2.75, 3.05) is 38.8 Å². The maximum Gasteiger partial charge on any atom is 0.247 e. The summed E-state index contributed by atoms with van der Waals surface area (Å²) in [7, 11) is 3.61. The molecular formula is C23H28N4O3. The zero-order chi connectivity index (χ0) is 21.1. The minimum atomic E-state index is -0.295. The van der Waals surface area contributed by atoms with Gasteiger partial charge in [-0.05, 0) is 43.3 Å². The van der Waals surface area contributed by atoms with E-state index in [0.717, 1.165) is 23.4 Å². The van der Waals surface area contributed by atoms with Crippen molar-refractivity contribution in [1.29, 1.82) is 0 Å². The Labute approximate surface area is 177 Å². The number of nitrogens with one attached hydrogen (secondary N) is 2. The average Bonchev–Trinajstić information content (AvgIpc) is 3.10. The van der Waals surface area contributed by atoms with E-state index < -0.39 is 0 Å². The van der Waals surface area contributed by atoms with Crippen LogP contribution in [0.25, 0.3) is 0 Å². The number of para-hydroxylation sites is 1. The van der Waals surface area contributed by atoms with Crippen LogP contribution in [0.3, 0.4) is 0 Å². The van der Waals surface area contributed by atoms with E-state index in [2.05, 4.69) is 15.6 Å². The summed E-state index contributed by atoms with van der Waals surface area (Å²) >= 11 is 0. The number of hydrogen-bond donors (Lipinski definition) is 2. The molecule has 30 heavy (non-hydrogen) atoms. The highest BCUT2D eigenvalue weighted by Gasteiger charge is 2.50. The Balaban J connectivity index is 1.41. The van der Waals surface area contributed by atoms with E-state index in [-0.39, 0.29) is 29.7 Å². The van der Waals surface area contributed by atoms with Crippen LogP contribution in [-0.4, -0.2) is 56.5 Å². The zero-order valence-electron chi connectivity index (χ0n) is 17.4. The molecule has 0 aliphatic carbocycles. The minimum Gasteiger partial charge on any atom is -0.497 e. The molecule has 158 valence electrons. The number of benzene rings is 2. The molecule has 2 aliphatic rings. The van der Waals surface area contributed by atoms with Gasteiger partial charge in [0, 0.05) is 19.6 Å². The molecule has 4 rings (SSSR count). The summed E-state index contributed by atoms with van der Waals surface area (Å²) in [5.74, 6) is 0.279. The van der Waals surface area contributed by atoms with Crippen LogP contribution in [0.5, 0.6) is 5.75 Å². The van der Waals surface area contributed by atoms with E-state index in [0.29, 0.717) is 19.6 Å². The number of piperidine rings is 1. The van der Waals surface area contributed by atoms with Gasteiger partial charge in [-0.3, -0.25) is 9.59 Å². The molecule has 2 N–H and O–H groups in total. The predicted octanol–water partition coefficient (Wildman–Crippen LogP) is 1.45. The number of amides is 2. The number of nitrogens with zero attached hydrogens (tertiary/aromatic N) is 2. The molecule has 2 aromatic carbocycles. The van der Waals surface area contributed by atoms with Crippen molar-refractivity contribution in [3.05, 3.63) is 60.2 Å². The second kappa shape index (κ2) is 8.85. The highest BCUT2D eigenvalue weighted by atomic mass is 16.5. The molecule has 7 nitrogen and oxygen atoms in total. The van der Waals surface area contributed by atoms with Crippen LogP contribution in [0.15, 0.2) is 54.6 Å². The Morgan fingerprint density at radius 3 is 2.73 bits per heavy atom. The highest BCUT2D eigenvalue weighted by Crippen LogP contribution is 2.31. The molecule has 0 radical (unpaired) electrons. The second-order valence-corrected chi connectivity index (χ2v) is 7.99. The number of anilines is 1. The van der Waals surface area contributed by atoms with Crippen molar-refractivity contribution in [2.24, 2.45) is 11.8 Å². The number of fused-ring (bicyclic) bond motifs is 1. The third-order valence-electron chi connectivity index (χ3n) is 5.90. The molecule has 2 saturated heterocycles. The fourth-order valence-corrected chi connectivity index (χ4v) is 4.36. The van der Waals surface area contributed by atoms with Crippen molar-refractivity contribution < 1.29 is 14.3 Å². The number of methoxy groups -OCH3 is 1. The summed E-state index contributed by atoms with van der Waals surface area (Å²) in [6, 6.07) is 17.2. The van der Waals surface area contributed by atoms with Gasteiger partial charge in [0.25, 0.3) is 0 Å². The van der Waals surface area contributed by atoms with E-state index in [1.165, 1.54) is 0 Å². The number of ether oxygens (including phenoxy) is 1. The van der Waals surface area contributed by atoms with Gasteiger partial charge < -0.3 is 15.0 Å². The maximum atomic E-state index is 13.0. The van der Waals surface area contributed by atoms with Gasteiger partial charge in [0.05, 0.1) is 30.7 Å². The number of hydrogen-bond acceptors (Lipinski definition) is 5. The van der Waals surface area contributed by atoms with Gasteiger partial charge in [-0.25, -0.2) is 10.4 Å². The molecule has 0 saturated carbocycles. The van der Waals surface area contributed by atoms with Crippen LogP contribution in [0, 0.1) is 11.8 Å². The molecule has 0 aromatic heterocycles. The van der Waals surface area contributed by atoms with Crippen LogP contribution < -0.4 is 20.5 Å². The van der Waals surface area contributed by atoms with Crippen molar-refractivity contribution in [3.63, 3.8) is 0 Å². The van der Waals surface area contributed by atoms with Gasteiger partial charge in [0.15, 0.2) is 0 Å². The van der Waals surface area contributed by atoms with Gasteiger partial charge in [-0.15, -0.1) is 0 Å². The second-order valence-electron chi connectivity index (χ2n) is 7.99. The number of hydrazine groups is 1. The van der Waals surface area contributed by atoms with Crippen LogP contribution in [-0.2, 0) is 16.0 Å². The largest absolute Gasteiger partial charge is 0.497 e. The Hall–Kier alpha value is -2.90. The Morgan fingerprint density at radius 2 is 1.97 bits per heavy atom. The Bertz CT molecular complexity index is 904. The Kier molecular flexibility index (Phi) is 6.01. The predicted molar refractivity (Wildman–Crippen MR) is 115 cm³/mol. The summed E-state index contributed by atoms with van der Waals surface area (Å²) in [6.07, 6.45) is 0.724. The standard InChI is InChI=1S/C23H28N4O3/c1-26-14-19(22(28)24-12-11-16-7-6-10-18(13-16)30-2)21-20(15-26)23(29)27(25-21)17-8-4-3-5-9-17/h3-10,13,19-21,25H,11-12,14-15H2,1-2H3,(H,24,28). The topological polar surface area (TPSA) is 73.9 Å². The lowest BCUT2D eigenvalue weighted by Gasteiger charge is -2.36. The fourth-order valence-electron chi connectivity index (χ4n) is 4.36. The van der Waals surface area contributed by atoms with Crippen LogP contribution >= 0.6 is 0 Å². The molecule has 2 aliphatic heterocycles. The molecule has 7 heteroatoms. The molecule has 2 fully saturated rings. The third-order valence-corrected chi connectivity index (χ3v) is 5.90. The molecule has 0 bridgehead atoms. The van der Waals surface area contributed by atoms with Gasteiger partial charge in [0.2, 0.25) is 11.8 Å². The van der Waals surface area contributed by atoms with Crippen LogP contribution in [0.2, 0.25) is 0 Å². The highest BCUT2D eigenvalue weighted by molar-refractivity contribution is 5.98. The van der Waals surface area contributed by atoms with E-state index in [1.807, 2.05) is 61.6 Å². The SMILES string of the molecule is COc1cccc(CCNC(=O)C2CN(C)CC3C(=O)N(c4ccccc4)NC23)c1. The lowest BCUT2D eigenvalue weighted by molar-refractivity contribution is -0.129. The molecular weight excluding hydrogens is 380 g/mol. The lowest BCUT2D eigenvalue weighted by atomic mass is 9.84. The summed E-state index contributed by atoms with van der Waals surface area (Å²) in [5, 5.41) is 4.67.